The molecule has 34 heavy (non-hydrogen) atoms. The first kappa shape index (κ1) is 27.5. The van der Waals surface area contributed by atoms with Crippen LogP contribution in [0.15, 0.2) is 36.4 Å². The first-order valence-electron chi connectivity index (χ1n) is 8.40. The molecule has 0 aliphatic carbocycles. The van der Waals surface area contributed by atoms with Gasteiger partial charge in [0.05, 0.1) is 21.4 Å². The smallest absolute Gasteiger partial charge is 0.319 e. The number of amides is 2. The number of benzene rings is 2. The number of nitrogens with one attached hydrogen (secondary N) is 2. The topological polar surface area (TPSA) is 58.2 Å². The van der Waals surface area contributed by atoms with E-state index in [4.69, 9.17) is 23.2 Å². The van der Waals surface area contributed by atoms with Gasteiger partial charge in [0.2, 0.25) is 0 Å². The van der Waals surface area contributed by atoms with E-state index in [-0.39, 0.29) is 11.1 Å². The van der Waals surface area contributed by atoms with E-state index in [0.29, 0.717) is 0 Å². The third-order valence-corrected chi connectivity index (χ3v) is 4.68. The number of carbonyl (C=O) groups is 2. The summed E-state index contributed by atoms with van der Waals surface area (Å²) in [6.45, 7) is 0. The molecule has 0 unspecified atom stereocenters. The van der Waals surface area contributed by atoms with Gasteiger partial charge in [0.15, 0.2) is 0 Å². The third kappa shape index (κ3) is 5.49. The summed E-state index contributed by atoms with van der Waals surface area (Å²) in [5.74, 6) is -16.8. The molecule has 0 spiro atoms. The summed E-state index contributed by atoms with van der Waals surface area (Å²) in [7, 11) is 0. The van der Waals surface area contributed by atoms with Crippen molar-refractivity contribution in [3.8, 4) is 11.1 Å². The molecule has 0 bridgehead atoms. The SMILES string of the molecule is O=C(Nc1ccc(-c2ccc(NC(=O)C(F)(F)C(F)(F)F)c(Cl)c2)cc1Cl)C(F)(F)C(F)(F)F. The minimum Gasteiger partial charge on any atom is -0.319 e. The van der Waals surface area contributed by atoms with Gasteiger partial charge in [-0.2, -0.15) is 43.9 Å². The van der Waals surface area contributed by atoms with Crippen LogP contribution >= 0.6 is 23.2 Å². The summed E-state index contributed by atoms with van der Waals surface area (Å²) in [6, 6.07) is 5.93. The zero-order valence-corrected chi connectivity index (χ0v) is 17.3. The molecule has 2 N–H and O–H groups in total. The van der Waals surface area contributed by atoms with Gasteiger partial charge in [-0.25, -0.2) is 0 Å². The van der Waals surface area contributed by atoms with Gasteiger partial charge in [-0.1, -0.05) is 35.3 Å². The van der Waals surface area contributed by atoms with Gasteiger partial charge in [0.25, 0.3) is 0 Å². The molecule has 0 heterocycles. The summed E-state index contributed by atoms with van der Waals surface area (Å²) in [4.78, 5) is 22.6. The molecule has 186 valence electrons. The summed E-state index contributed by atoms with van der Waals surface area (Å²) in [5.41, 5.74) is -0.982. The molecular weight excluding hydrogens is 537 g/mol. The van der Waals surface area contributed by atoms with Crippen molar-refractivity contribution in [2.75, 3.05) is 10.6 Å². The van der Waals surface area contributed by atoms with Crippen molar-refractivity contribution in [1.29, 1.82) is 0 Å². The van der Waals surface area contributed by atoms with Crippen LogP contribution in [0.1, 0.15) is 0 Å². The number of rotatable bonds is 5. The van der Waals surface area contributed by atoms with Crippen molar-refractivity contribution in [1.82, 2.24) is 0 Å². The van der Waals surface area contributed by atoms with Gasteiger partial charge in [0, 0.05) is 0 Å². The Bertz CT molecular complexity index is 1030. The van der Waals surface area contributed by atoms with Crippen LogP contribution in [0.3, 0.4) is 0 Å². The van der Waals surface area contributed by atoms with Gasteiger partial charge in [-0.3, -0.25) is 9.59 Å². The lowest BCUT2D eigenvalue weighted by Crippen LogP contribution is -2.47. The van der Waals surface area contributed by atoms with Gasteiger partial charge in [-0.05, 0) is 35.4 Å². The normalized spacial score (nSPS) is 12.9. The summed E-state index contributed by atoms with van der Waals surface area (Å²) >= 11 is 11.6. The van der Waals surface area contributed by atoms with Crippen LogP contribution in [0, 0.1) is 0 Å². The average Bonchev–Trinajstić information content (AvgIpc) is 2.69. The molecule has 2 aromatic rings. The second kappa shape index (κ2) is 9.13. The molecule has 16 heteroatoms. The highest BCUT2D eigenvalue weighted by atomic mass is 35.5. The highest BCUT2D eigenvalue weighted by Crippen LogP contribution is 2.39. The third-order valence-electron chi connectivity index (χ3n) is 4.05. The van der Waals surface area contributed by atoms with E-state index in [0.717, 1.165) is 36.4 Å². The van der Waals surface area contributed by atoms with Crippen LogP contribution in [0.4, 0.5) is 55.3 Å². The fourth-order valence-electron chi connectivity index (χ4n) is 2.25. The van der Waals surface area contributed by atoms with Crippen molar-refractivity contribution in [2.24, 2.45) is 0 Å². The Morgan fingerprint density at radius 2 is 0.882 bits per heavy atom. The van der Waals surface area contributed by atoms with Crippen molar-refractivity contribution in [3.63, 3.8) is 0 Å². The molecule has 0 fully saturated rings. The Balaban J connectivity index is 2.25. The Morgan fingerprint density at radius 1 is 0.588 bits per heavy atom. The maximum absolute atomic E-state index is 13.1. The maximum atomic E-state index is 13.1. The zero-order chi connectivity index (χ0) is 26.3. The fourth-order valence-corrected chi connectivity index (χ4v) is 2.71. The van der Waals surface area contributed by atoms with Gasteiger partial charge >= 0.3 is 36.0 Å². The molecule has 2 rings (SSSR count). The van der Waals surface area contributed by atoms with E-state index in [9.17, 15) is 53.5 Å². The molecular formula is C18H8Cl2F10N2O2. The second-order valence-electron chi connectivity index (χ2n) is 6.44. The van der Waals surface area contributed by atoms with Crippen molar-refractivity contribution >= 4 is 46.4 Å². The highest BCUT2D eigenvalue weighted by Gasteiger charge is 2.64. The Kier molecular flexibility index (Phi) is 7.39. The predicted molar refractivity (Wildman–Crippen MR) is 101 cm³/mol. The standard InChI is InChI=1S/C18H8Cl2F10N2O2/c19-9-5-7(1-3-11(9)31-13(33)15(21,22)17(25,26)27)8-2-4-12(10(20)6-8)32-14(34)16(23,24)18(28,29)30/h1-6H,(H,31,33)(H,32,34). The lowest BCUT2D eigenvalue weighted by Gasteiger charge is -2.19. The van der Waals surface area contributed by atoms with Crippen LogP contribution in [-0.4, -0.2) is 36.0 Å². The number of hydrogen-bond donors (Lipinski definition) is 2. The van der Waals surface area contributed by atoms with Crippen LogP contribution in [0.25, 0.3) is 11.1 Å². The van der Waals surface area contributed by atoms with E-state index >= 15 is 0 Å². The minimum absolute atomic E-state index is 0.117. The van der Waals surface area contributed by atoms with Gasteiger partial charge in [-0.15, -0.1) is 0 Å². The van der Waals surface area contributed by atoms with Crippen LogP contribution < -0.4 is 10.6 Å². The van der Waals surface area contributed by atoms with Crippen LogP contribution in [0.5, 0.6) is 0 Å². The number of alkyl halides is 10. The number of carbonyl (C=O) groups excluding carboxylic acids is 2. The first-order valence-corrected chi connectivity index (χ1v) is 9.16. The molecule has 0 saturated carbocycles. The number of hydrogen-bond acceptors (Lipinski definition) is 2. The van der Waals surface area contributed by atoms with E-state index < -0.39 is 57.4 Å². The largest absolute Gasteiger partial charge is 0.463 e. The van der Waals surface area contributed by atoms with Gasteiger partial charge < -0.3 is 10.6 Å². The van der Waals surface area contributed by atoms with Crippen LogP contribution in [-0.2, 0) is 9.59 Å². The van der Waals surface area contributed by atoms with E-state index in [1.807, 2.05) is 0 Å². The number of halogens is 12. The quantitative estimate of drug-likeness (QED) is 0.401. The number of anilines is 2. The molecule has 4 nitrogen and oxygen atoms in total. The average molecular weight is 545 g/mol. The minimum atomic E-state index is -6.15. The molecule has 0 aliphatic heterocycles. The van der Waals surface area contributed by atoms with E-state index in [1.165, 1.54) is 10.6 Å². The van der Waals surface area contributed by atoms with Crippen molar-refractivity contribution in [3.05, 3.63) is 46.4 Å². The molecule has 0 radical (unpaired) electrons. The van der Waals surface area contributed by atoms with E-state index in [1.54, 1.807) is 0 Å². The Morgan fingerprint density at radius 3 is 1.12 bits per heavy atom. The van der Waals surface area contributed by atoms with Crippen molar-refractivity contribution in [2.45, 2.75) is 24.2 Å². The Labute approximate surface area is 192 Å². The summed E-state index contributed by atoms with van der Waals surface area (Å²) in [6.07, 6.45) is -12.3. The van der Waals surface area contributed by atoms with E-state index in [2.05, 4.69) is 0 Å². The fraction of sp³-hybridized carbons (Fsp3) is 0.222. The Hall–Kier alpha value is -2.74. The van der Waals surface area contributed by atoms with Crippen LogP contribution in [0.2, 0.25) is 10.0 Å². The summed E-state index contributed by atoms with van der Waals surface area (Å²) < 4.78 is 126. The molecule has 0 aromatic heterocycles. The molecule has 0 atom stereocenters. The van der Waals surface area contributed by atoms with Crippen molar-refractivity contribution < 1.29 is 53.5 Å². The molecule has 2 aromatic carbocycles. The lowest BCUT2D eigenvalue weighted by atomic mass is 10.0. The molecule has 2 amide bonds. The first-order chi connectivity index (χ1) is 15.3. The van der Waals surface area contributed by atoms with Gasteiger partial charge in [0.1, 0.15) is 0 Å². The second-order valence-corrected chi connectivity index (χ2v) is 7.26. The molecule has 0 aliphatic rings. The lowest BCUT2D eigenvalue weighted by molar-refractivity contribution is -0.267. The monoisotopic (exact) mass is 544 g/mol. The highest BCUT2D eigenvalue weighted by molar-refractivity contribution is 6.35. The zero-order valence-electron chi connectivity index (χ0n) is 15.8. The molecule has 0 saturated heterocycles. The summed E-state index contributed by atoms with van der Waals surface area (Å²) in [5, 5.41) is 1.69. The predicted octanol–water partition coefficient (Wildman–Crippen LogP) is 6.93. The maximum Gasteiger partial charge on any atom is 0.463 e.